The van der Waals surface area contributed by atoms with Crippen LogP contribution < -0.4 is 5.32 Å². The lowest BCUT2D eigenvalue weighted by Crippen LogP contribution is -2.27. The minimum atomic E-state index is 0.848. The lowest BCUT2D eigenvalue weighted by Gasteiger charge is -2.21. The van der Waals surface area contributed by atoms with Crippen molar-refractivity contribution in [3.63, 3.8) is 0 Å². The van der Waals surface area contributed by atoms with E-state index in [0.717, 1.165) is 29.3 Å². The van der Waals surface area contributed by atoms with Gasteiger partial charge in [-0.25, -0.2) is 9.97 Å². The molecule has 0 radical (unpaired) electrons. The van der Waals surface area contributed by atoms with Crippen molar-refractivity contribution in [1.82, 2.24) is 20.3 Å². The standard InChI is InChI=1S/C14H20N4/c1-10-8-12-14(16-9-10)18-13(17-12)3-2-11-4-6-15-7-5-11/h8-9,11,15H,2-7H2,1H3,(H,16,17,18). The highest BCUT2D eigenvalue weighted by Gasteiger charge is 2.13. The Morgan fingerprint density at radius 3 is 3.00 bits per heavy atom. The smallest absolute Gasteiger partial charge is 0.177 e. The Hall–Kier alpha value is -1.42. The molecule has 1 aliphatic heterocycles. The fourth-order valence-electron chi connectivity index (χ4n) is 2.68. The zero-order chi connectivity index (χ0) is 12.4. The number of hydrogen-bond acceptors (Lipinski definition) is 3. The first-order valence-corrected chi connectivity index (χ1v) is 6.83. The number of hydrogen-bond donors (Lipinski definition) is 2. The van der Waals surface area contributed by atoms with E-state index in [1.807, 2.05) is 6.20 Å². The van der Waals surface area contributed by atoms with Gasteiger partial charge in [0.1, 0.15) is 5.82 Å². The van der Waals surface area contributed by atoms with Gasteiger partial charge in [0.05, 0.1) is 5.52 Å². The monoisotopic (exact) mass is 244 g/mol. The molecule has 2 aromatic rings. The number of piperidine rings is 1. The molecule has 2 aromatic heterocycles. The summed E-state index contributed by atoms with van der Waals surface area (Å²) in [6.07, 6.45) is 6.76. The number of aromatic amines is 1. The normalized spacial score (nSPS) is 17.4. The highest BCUT2D eigenvalue weighted by Crippen LogP contribution is 2.19. The molecule has 0 saturated carbocycles. The van der Waals surface area contributed by atoms with Crippen LogP contribution >= 0.6 is 0 Å². The number of aryl methyl sites for hydroxylation is 2. The fourth-order valence-corrected chi connectivity index (χ4v) is 2.68. The Labute approximate surface area is 107 Å². The molecule has 96 valence electrons. The lowest BCUT2D eigenvalue weighted by atomic mass is 9.93. The molecule has 0 aromatic carbocycles. The Morgan fingerprint density at radius 2 is 2.17 bits per heavy atom. The molecule has 0 atom stereocenters. The first kappa shape index (κ1) is 11.7. The van der Waals surface area contributed by atoms with Gasteiger partial charge in [0.15, 0.2) is 5.65 Å². The van der Waals surface area contributed by atoms with Crippen LogP contribution in [0.1, 0.15) is 30.7 Å². The Balaban J connectivity index is 1.67. The van der Waals surface area contributed by atoms with E-state index in [0.29, 0.717) is 0 Å². The van der Waals surface area contributed by atoms with E-state index in [1.165, 1.54) is 37.9 Å². The average Bonchev–Trinajstić information content (AvgIpc) is 2.79. The van der Waals surface area contributed by atoms with Crippen molar-refractivity contribution in [1.29, 1.82) is 0 Å². The first-order chi connectivity index (χ1) is 8.81. The van der Waals surface area contributed by atoms with Crippen molar-refractivity contribution in [3.8, 4) is 0 Å². The van der Waals surface area contributed by atoms with E-state index < -0.39 is 0 Å². The zero-order valence-electron chi connectivity index (χ0n) is 10.9. The summed E-state index contributed by atoms with van der Waals surface area (Å²) >= 11 is 0. The molecule has 4 heteroatoms. The molecule has 18 heavy (non-hydrogen) atoms. The summed E-state index contributed by atoms with van der Waals surface area (Å²) in [7, 11) is 0. The highest BCUT2D eigenvalue weighted by atomic mass is 15.0. The number of H-pyrrole nitrogens is 1. The Morgan fingerprint density at radius 1 is 1.33 bits per heavy atom. The van der Waals surface area contributed by atoms with Crippen molar-refractivity contribution in [2.45, 2.75) is 32.6 Å². The maximum Gasteiger partial charge on any atom is 0.177 e. The second-order valence-electron chi connectivity index (χ2n) is 5.30. The van der Waals surface area contributed by atoms with Crippen molar-refractivity contribution in [2.75, 3.05) is 13.1 Å². The summed E-state index contributed by atoms with van der Waals surface area (Å²) in [5.74, 6) is 1.94. The molecular weight excluding hydrogens is 224 g/mol. The van der Waals surface area contributed by atoms with Crippen LogP contribution in [0.2, 0.25) is 0 Å². The third kappa shape index (κ3) is 2.53. The lowest BCUT2D eigenvalue weighted by molar-refractivity contribution is 0.352. The number of fused-ring (bicyclic) bond motifs is 1. The molecule has 2 N–H and O–H groups in total. The molecule has 0 amide bonds. The summed E-state index contributed by atoms with van der Waals surface area (Å²) in [5, 5.41) is 3.41. The molecule has 3 heterocycles. The number of pyridine rings is 1. The van der Waals surface area contributed by atoms with Gasteiger partial charge in [-0.3, -0.25) is 0 Å². The summed E-state index contributed by atoms with van der Waals surface area (Å²) < 4.78 is 0. The zero-order valence-corrected chi connectivity index (χ0v) is 10.9. The highest BCUT2D eigenvalue weighted by molar-refractivity contribution is 5.70. The van der Waals surface area contributed by atoms with E-state index in [-0.39, 0.29) is 0 Å². The molecule has 1 fully saturated rings. The van der Waals surface area contributed by atoms with Crippen molar-refractivity contribution >= 4 is 11.2 Å². The van der Waals surface area contributed by atoms with Crippen molar-refractivity contribution < 1.29 is 0 Å². The van der Waals surface area contributed by atoms with Crippen LogP contribution in [0.25, 0.3) is 11.2 Å². The molecule has 1 saturated heterocycles. The van der Waals surface area contributed by atoms with Crippen molar-refractivity contribution in [3.05, 3.63) is 23.7 Å². The summed E-state index contributed by atoms with van der Waals surface area (Å²) in [5.41, 5.74) is 3.09. The van der Waals surface area contributed by atoms with E-state index in [2.05, 4.69) is 33.3 Å². The van der Waals surface area contributed by atoms with Crippen LogP contribution in [0.15, 0.2) is 12.3 Å². The topological polar surface area (TPSA) is 53.6 Å². The van der Waals surface area contributed by atoms with E-state index in [1.54, 1.807) is 0 Å². The molecule has 3 rings (SSSR count). The number of rotatable bonds is 3. The second-order valence-corrected chi connectivity index (χ2v) is 5.30. The third-order valence-electron chi connectivity index (χ3n) is 3.77. The van der Waals surface area contributed by atoms with Gasteiger partial charge in [0, 0.05) is 12.6 Å². The Bertz CT molecular complexity index is 526. The predicted molar refractivity (Wildman–Crippen MR) is 72.5 cm³/mol. The van der Waals surface area contributed by atoms with Crippen LogP contribution in [0, 0.1) is 12.8 Å². The maximum atomic E-state index is 4.56. The van der Waals surface area contributed by atoms with Gasteiger partial charge < -0.3 is 10.3 Å². The fraction of sp³-hybridized carbons (Fsp3) is 0.571. The SMILES string of the molecule is Cc1cnc2nc(CCC3CCNCC3)[nH]c2c1. The average molecular weight is 244 g/mol. The molecular formula is C14H20N4. The quantitative estimate of drug-likeness (QED) is 0.870. The minimum absolute atomic E-state index is 0.848. The van der Waals surface area contributed by atoms with Gasteiger partial charge in [-0.05, 0) is 56.8 Å². The number of nitrogens with zero attached hydrogens (tertiary/aromatic N) is 2. The number of imidazole rings is 1. The maximum absolute atomic E-state index is 4.56. The van der Waals surface area contributed by atoms with Gasteiger partial charge in [-0.2, -0.15) is 0 Å². The minimum Gasteiger partial charge on any atom is -0.341 e. The Kier molecular flexibility index (Phi) is 3.28. The van der Waals surface area contributed by atoms with Crippen LogP contribution in [-0.4, -0.2) is 28.0 Å². The van der Waals surface area contributed by atoms with Gasteiger partial charge in [-0.15, -0.1) is 0 Å². The van der Waals surface area contributed by atoms with E-state index >= 15 is 0 Å². The van der Waals surface area contributed by atoms with Gasteiger partial charge >= 0.3 is 0 Å². The van der Waals surface area contributed by atoms with Crippen LogP contribution in [0.4, 0.5) is 0 Å². The number of nitrogens with one attached hydrogen (secondary N) is 2. The second kappa shape index (κ2) is 5.06. The van der Waals surface area contributed by atoms with Crippen LogP contribution in [0.3, 0.4) is 0 Å². The molecule has 0 unspecified atom stereocenters. The molecule has 0 aliphatic carbocycles. The van der Waals surface area contributed by atoms with Gasteiger partial charge in [0.2, 0.25) is 0 Å². The van der Waals surface area contributed by atoms with Crippen LogP contribution in [-0.2, 0) is 6.42 Å². The summed E-state index contributed by atoms with van der Waals surface area (Å²) in [4.78, 5) is 12.3. The largest absolute Gasteiger partial charge is 0.341 e. The van der Waals surface area contributed by atoms with E-state index in [9.17, 15) is 0 Å². The summed E-state index contributed by atoms with van der Waals surface area (Å²) in [6.45, 7) is 4.40. The molecule has 4 nitrogen and oxygen atoms in total. The predicted octanol–water partition coefficient (Wildman–Crippen LogP) is 2.20. The van der Waals surface area contributed by atoms with Crippen molar-refractivity contribution in [2.24, 2.45) is 5.92 Å². The van der Waals surface area contributed by atoms with E-state index in [4.69, 9.17) is 0 Å². The number of aromatic nitrogens is 3. The third-order valence-corrected chi connectivity index (χ3v) is 3.77. The van der Waals surface area contributed by atoms with Gasteiger partial charge in [-0.1, -0.05) is 0 Å². The first-order valence-electron chi connectivity index (χ1n) is 6.83. The van der Waals surface area contributed by atoms with Crippen LogP contribution in [0.5, 0.6) is 0 Å². The summed E-state index contributed by atoms with van der Waals surface area (Å²) in [6, 6.07) is 2.11. The molecule has 0 bridgehead atoms. The van der Waals surface area contributed by atoms with Gasteiger partial charge in [0.25, 0.3) is 0 Å². The molecule has 0 spiro atoms. The molecule has 1 aliphatic rings.